The van der Waals surface area contributed by atoms with E-state index in [0.29, 0.717) is 19.8 Å². The average Bonchev–Trinajstić information content (AvgIpc) is 3.18. The number of rotatable bonds is 3. The standard InChI is InChI=1S/C18H22N2O4S/c21-17(12-19-7-10-25-18(19)22)20-6-1-3-14(20)13-4-5-15-16(11-13)24-9-2-8-23-15/h4-5,11,14H,1-3,6-10,12H2/t14-/m1/s1. The van der Waals surface area contributed by atoms with Gasteiger partial charge in [0.2, 0.25) is 5.91 Å². The van der Waals surface area contributed by atoms with Crippen LogP contribution in [0.1, 0.15) is 30.9 Å². The highest BCUT2D eigenvalue weighted by molar-refractivity contribution is 8.13. The Morgan fingerprint density at radius 3 is 2.80 bits per heavy atom. The number of likely N-dealkylation sites (tertiary alicyclic amines) is 1. The quantitative estimate of drug-likeness (QED) is 0.827. The second-order valence-electron chi connectivity index (χ2n) is 6.54. The molecule has 0 N–H and O–H groups in total. The third kappa shape index (κ3) is 3.42. The van der Waals surface area contributed by atoms with Gasteiger partial charge in [0.25, 0.3) is 5.24 Å². The van der Waals surface area contributed by atoms with E-state index in [1.165, 1.54) is 11.8 Å². The van der Waals surface area contributed by atoms with E-state index in [-0.39, 0.29) is 23.7 Å². The van der Waals surface area contributed by atoms with Crippen molar-refractivity contribution in [1.29, 1.82) is 0 Å². The van der Waals surface area contributed by atoms with Crippen LogP contribution in [0.5, 0.6) is 11.5 Å². The van der Waals surface area contributed by atoms with Gasteiger partial charge in [0.05, 0.1) is 19.3 Å². The first-order valence-electron chi connectivity index (χ1n) is 8.83. The molecule has 3 aliphatic heterocycles. The second-order valence-corrected chi connectivity index (χ2v) is 7.58. The molecule has 1 aromatic rings. The molecule has 0 unspecified atom stereocenters. The van der Waals surface area contributed by atoms with Gasteiger partial charge in [-0.05, 0) is 30.5 Å². The Kier molecular flexibility index (Phi) is 4.74. The summed E-state index contributed by atoms with van der Waals surface area (Å²) in [6, 6.07) is 6.03. The lowest BCUT2D eigenvalue weighted by Crippen LogP contribution is -2.40. The molecular formula is C18H22N2O4S. The molecule has 134 valence electrons. The molecule has 0 spiro atoms. The maximum atomic E-state index is 12.7. The number of hydrogen-bond acceptors (Lipinski definition) is 5. The lowest BCUT2D eigenvalue weighted by Gasteiger charge is -2.27. The van der Waals surface area contributed by atoms with Gasteiger partial charge >= 0.3 is 0 Å². The number of hydrogen-bond donors (Lipinski definition) is 0. The summed E-state index contributed by atoms with van der Waals surface area (Å²) in [6.07, 6.45) is 2.79. The Morgan fingerprint density at radius 1 is 1.16 bits per heavy atom. The number of carbonyl (C=O) groups is 2. The summed E-state index contributed by atoms with van der Waals surface area (Å²) in [4.78, 5) is 28.1. The number of ether oxygens (including phenoxy) is 2. The largest absolute Gasteiger partial charge is 0.490 e. The molecule has 0 saturated carbocycles. The highest BCUT2D eigenvalue weighted by Gasteiger charge is 2.33. The number of carbonyl (C=O) groups excluding carboxylic acids is 2. The van der Waals surface area contributed by atoms with Crippen LogP contribution in [0.25, 0.3) is 0 Å². The van der Waals surface area contributed by atoms with Crippen LogP contribution in [0.3, 0.4) is 0 Å². The van der Waals surface area contributed by atoms with Crippen molar-refractivity contribution < 1.29 is 19.1 Å². The molecule has 25 heavy (non-hydrogen) atoms. The molecule has 4 rings (SSSR count). The van der Waals surface area contributed by atoms with Crippen molar-refractivity contribution in [3.63, 3.8) is 0 Å². The van der Waals surface area contributed by atoms with Crippen LogP contribution in [0, 0.1) is 0 Å². The normalized spacial score (nSPS) is 23.0. The molecule has 3 aliphatic rings. The first kappa shape index (κ1) is 16.6. The van der Waals surface area contributed by atoms with Crippen molar-refractivity contribution in [2.45, 2.75) is 25.3 Å². The van der Waals surface area contributed by atoms with Gasteiger partial charge in [0.1, 0.15) is 6.54 Å². The molecule has 3 heterocycles. The van der Waals surface area contributed by atoms with Crippen LogP contribution in [-0.4, -0.2) is 59.5 Å². The zero-order valence-electron chi connectivity index (χ0n) is 14.1. The monoisotopic (exact) mass is 362 g/mol. The molecule has 6 nitrogen and oxygen atoms in total. The first-order chi connectivity index (χ1) is 12.2. The average molecular weight is 362 g/mol. The molecule has 2 fully saturated rings. The topological polar surface area (TPSA) is 59.1 Å². The van der Waals surface area contributed by atoms with Crippen LogP contribution >= 0.6 is 11.8 Å². The Bertz CT molecular complexity index is 681. The van der Waals surface area contributed by atoms with E-state index < -0.39 is 0 Å². The number of nitrogens with zero attached hydrogens (tertiary/aromatic N) is 2. The lowest BCUT2D eigenvalue weighted by molar-refractivity contribution is -0.132. The van der Waals surface area contributed by atoms with Crippen molar-refractivity contribution in [3.05, 3.63) is 23.8 Å². The minimum atomic E-state index is 0.0136. The van der Waals surface area contributed by atoms with E-state index in [4.69, 9.17) is 9.47 Å². The predicted molar refractivity (Wildman–Crippen MR) is 95.2 cm³/mol. The van der Waals surface area contributed by atoms with Crippen LogP contribution in [0.4, 0.5) is 4.79 Å². The van der Waals surface area contributed by atoms with Crippen LogP contribution < -0.4 is 9.47 Å². The van der Waals surface area contributed by atoms with E-state index in [0.717, 1.165) is 48.6 Å². The summed E-state index contributed by atoms with van der Waals surface area (Å²) >= 11 is 1.29. The van der Waals surface area contributed by atoms with E-state index >= 15 is 0 Å². The van der Waals surface area contributed by atoms with Gasteiger partial charge in [0, 0.05) is 25.3 Å². The molecule has 7 heteroatoms. The van der Waals surface area contributed by atoms with Gasteiger partial charge in [0.15, 0.2) is 11.5 Å². The summed E-state index contributed by atoms with van der Waals surface area (Å²) < 4.78 is 11.5. The molecular weight excluding hydrogens is 340 g/mol. The molecule has 0 aromatic heterocycles. The summed E-state index contributed by atoms with van der Waals surface area (Å²) in [5.74, 6) is 2.35. The van der Waals surface area contributed by atoms with Crippen molar-refractivity contribution in [3.8, 4) is 11.5 Å². The summed E-state index contributed by atoms with van der Waals surface area (Å²) in [7, 11) is 0. The number of thioether (sulfide) groups is 1. The maximum Gasteiger partial charge on any atom is 0.282 e. The second kappa shape index (κ2) is 7.15. The van der Waals surface area contributed by atoms with Gasteiger partial charge in [-0.1, -0.05) is 17.8 Å². The van der Waals surface area contributed by atoms with Crippen LogP contribution in [0.2, 0.25) is 0 Å². The van der Waals surface area contributed by atoms with E-state index in [1.54, 1.807) is 4.90 Å². The highest BCUT2D eigenvalue weighted by Crippen LogP contribution is 2.38. The maximum absolute atomic E-state index is 12.7. The van der Waals surface area contributed by atoms with E-state index in [1.807, 2.05) is 23.1 Å². The Morgan fingerprint density at radius 2 is 2.00 bits per heavy atom. The predicted octanol–water partition coefficient (Wildman–Crippen LogP) is 2.68. The van der Waals surface area contributed by atoms with Gasteiger partial charge in [-0.3, -0.25) is 9.59 Å². The van der Waals surface area contributed by atoms with Crippen LogP contribution in [-0.2, 0) is 4.79 Å². The minimum absolute atomic E-state index is 0.0136. The summed E-state index contributed by atoms with van der Waals surface area (Å²) in [6.45, 7) is 2.92. The fourth-order valence-electron chi connectivity index (χ4n) is 3.62. The molecule has 0 radical (unpaired) electrons. The van der Waals surface area contributed by atoms with Gasteiger partial charge < -0.3 is 19.3 Å². The molecule has 2 amide bonds. The highest BCUT2D eigenvalue weighted by atomic mass is 32.2. The lowest BCUT2D eigenvalue weighted by atomic mass is 10.0. The Balaban J connectivity index is 1.50. The van der Waals surface area contributed by atoms with E-state index in [2.05, 4.69) is 0 Å². The zero-order valence-corrected chi connectivity index (χ0v) is 14.9. The van der Waals surface area contributed by atoms with Gasteiger partial charge in [-0.15, -0.1) is 0 Å². The molecule has 2 saturated heterocycles. The Hall–Kier alpha value is -1.89. The molecule has 1 atom stereocenters. The minimum Gasteiger partial charge on any atom is -0.490 e. The fraction of sp³-hybridized carbons (Fsp3) is 0.556. The van der Waals surface area contributed by atoms with Crippen molar-refractivity contribution in [2.75, 3.05) is 38.6 Å². The molecule has 0 bridgehead atoms. The number of amides is 2. The van der Waals surface area contributed by atoms with Crippen molar-refractivity contribution in [2.24, 2.45) is 0 Å². The zero-order chi connectivity index (χ0) is 17.2. The Labute approximate surface area is 151 Å². The van der Waals surface area contributed by atoms with Crippen LogP contribution in [0.15, 0.2) is 18.2 Å². The summed E-state index contributed by atoms with van der Waals surface area (Å²) in [5, 5.41) is 0.0136. The van der Waals surface area contributed by atoms with Gasteiger partial charge in [-0.2, -0.15) is 0 Å². The van der Waals surface area contributed by atoms with Crippen molar-refractivity contribution in [1.82, 2.24) is 9.80 Å². The fourth-order valence-corrected chi connectivity index (χ4v) is 4.45. The number of fused-ring (bicyclic) bond motifs is 1. The summed E-state index contributed by atoms with van der Waals surface area (Å²) in [5.41, 5.74) is 1.08. The van der Waals surface area contributed by atoms with Gasteiger partial charge in [-0.25, -0.2) is 0 Å². The third-order valence-electron chi connectivity index (χ3n) is 4.90. The number of benzene rings is 1. The molecule has 1 aromatic carbocycles. The smallest absolute Gasteiger partial charge is 0.282 e. The SMILES string of the molecule is O=C1SCCN1CC(=O)N1CCC[C@@H]1c1ccc2c(c1)OCCCO2. The third-order valence-corrected chi connectivity index (χ3v) is 5.79. The van der Waals surface area contributed by atoms with Crippen molar-refractivity contribution >= 4 is 22.9 Å². The van der Waals surface area contributed by atoms with E-state index in [9.17, 15) is 9.59 Å². The first-order valence-corrected chi connectivity index (χ1v) is 9.81. The molecule has 0 aliphatic carbocycles.